The monoisotopic (exact) mass is 324 g/mol. The first-order valence-corrected chi connectivity index (χ1v) is 9.03. The average molecular weight is 324 g/mol. The van der Waals surface area contributed by atoms with E-state index in [9.17, 15) is 0 Å². The number of hydrogen-bond acceptors (Lipinski definition) is 4. The maximum atomic E-state index is 5.62. The van der Waals surface area contributed by atoms with Crippen LogP contribution in [0.3, 0.4) is 0 Å². The molecule has 132 valence electrons. The third kappa shape index (κ3) is 4.37. The minimum absolute atomic E-state index is 0.385. The molecule has 1 unspecified atom stereocenters. The Kier molecular flexibility index (Phi) is 5.77. The lowest BCUT2D eigenvalue weighted by atomic mass is 9.87. The number of aliphatic imine (C=N–C) groups is 1. The summed E-state index contributed by atoms with van der Waals surface area (Å²) in [6.45, 7) is 7.90. The highest BCUT2D eigenvalue weighted by atomic mass is 16.5. The Morgan fingerprint density at radius 3 is 2.91 bits per heavy atom. The quantitative estimate of drug-likeness (QED) is 0.554. The first kappa shape index (κ1) is 17.0. The summed E-state index contributed by atoms with van der Waals surface area (Å²) in [4.78, 5) is 9.44. The van der Waals surface area contributed by atoms with Crippen LogP contribution in [0.5, 0.6) is 0 Å². The van der Waals surface area contributed by atoms with Crippen LogP contribution in [0, 0.1) is 5.41 Å². The number of methoxy groups -OCH3 is 1. The van der Waals surface area contributed by atoms with E-state index in [1.165, 1.54) is 25.7 Å². The lowest BCUT2D eigenvalue weighted by Gasteiger charge is -2.26. The van der Waals surface area contributed by atoms with Gasteiger partial charge in [0.25, 0.3) is 0 Å². The molecule has 1 N–H and O–H groups in total. The Balaban J connectivity index is 1.43. The van der Waals surface area contributed by atoms with Crippen molar-refractivity contribution in [3.05, 3.63) is 0 Å². The van der Waals surface area contributed by atoms with E-state index in [-0.39, 0.29) is 0 Å². The van der Waals surface area contributed by atoms with Gasteiger partial charge >= 0.3 is 0 Å². The van der Waals surface area contributed by atoms with Gasteiger partial charge in [-0.1, -0.05) is 0 Å². The smallest absolute Gasteiger partial charge is 0.193 e. The maximum absolute atomic E-state index is 5.62. The van der Waals surface area contributed by atoms with Crippen LogP contribution in [0.4, 0.5) is 0 Å². The second kappa shape index (κ2) is 7.81. The maximum Gasteiger partial charge on any atom is 0.193 e. The molecule has 0 aromatic rings. The Bertz CT molecular complexity index is 405. The molecule has 6 heteroatoms. The first-order chi connectivity index (χ1) is 11.3. The lowest BCUT2D eigenvalue weighted by molar-refractivity contribution is 0.144. The molecule has 2 heterocycles. The predicted octanol–water partition coefficient (Wildman–Crippen LogP) is 0.785. The summed E-state index contributed by atoms with van der Waals surface area (Å²) < 4.78 is 10.8. The SMILES string of the molecule is CN=C(NCCN(CCOC)C1CC1)N1CCC2(CCOC2)C1. The van der Waals surface area contributed by atoms with Crippen molar-refractivity contribution < 1.29 is 9.47 Å². The van der Waals surface area contributed by atoms with E-state index < -0.39 is 0 Å². The average Bonchev–Trinajstić information content (AvgIpc) is 3.18. The normalized spacial score (nSPS) is 28.3. The van der Waals surface area contributed by atoms with Crippen molar-refractivity contribution in [3.8, 4) is 0 Å². The summed E-state index contributed by atoms with van der Waals surface area (Å²) in [5.74, 6) is 1.05. The van der Waals surface area contributed by atoms with E-state index in [0.717, 1.165) is 64.5 Å². The van der Waals surface area contributed by atoms with Crippen molar-refractivity contribution in [1.29, 1.82) is 0 Å². The molecular weight excluding hydrogens is 292 g/mol. The molecule has 3 rings (SSSR count). The molecule has 0 aromatic heterocycles. The first-order valence-electron chi connectivity index (χ1n) is 9.03. The molecule has 1 saturated carbocycles. The van der Waals surface area contributed by atoms with Crippen LogP contribution in [0.1, 0.15) is 25.7 Å². The van der Waals surface area contributed by atoms with Crippen molar-refractivity contribution >= 4 is 5.96 Å². The molecule has 1 aliphatic carbocycles. The van der Waals surface area contributed by atoms with E-state index in [2.05, 4.69) is 20.1 Å². The van der Waals surface area contributed by atoms with Crippen LogP contribution >= 0.6 is 0 Å². The van der Waals surface area contributed by atoms with Crippen LogP contribution in [-0.4, -0.2) is 88.5 Å². The highest BCUT2D eigenvalue weighted by molar-refractivity contribution is 5.80. The van der Waals surface area contributed by atoms with Gasteiger partial charge in [-0.3, -0.25) is 9.89 Å². The molecule has 23 heavy (non-hydrogen) atoms. The fraction of sp³-hybridized carbons (Fsp3) is 0.941. The Morgan fingerprint density at radius 1 is 1.39 bits per heavy atom. The van der Waals surface area contributed by atoms with Crippen LogP contribution in [0.2, 0.25) is 0 Å². The van der Waals surface area contributed by atoms with E-state index >= 15 is 0 Å². The third-order valence-electron chi connectivity index (χ3n) is 5.46. The number of ether oxygens (including phenoxy) is 2. The van der Waals surface area contributed by atoms with Gasteiger partial charge in [-0.15, -0.1) is 0 Å². The van der Waals surface area contributed by atoms with Gasteiger partial charge in [-0.25, -0.2) is 0 Å². The summed E-state index contributed by atoms with van der Waals surface area (Å²) in [7, 11) is 3.67. The summed E-state index contributed by atoms with van der Waals surface area (Å²) >= 11 is 0. The zero-order chi connectivity index (χ0) is 16.1. The molecule has 6 nitrogen and oxygen atoms in total. The van der Waals surface area contributed by atoms with E-state index in [1.807, 2.05) is 7.05 Å². The van der Waals surface area contributed by atoms with Gasteiger partial charge in [0.1, 0.15) is 0 Å². The molecule has 3 aliphatic rings. The highest BCUT2D eigenvalue weighted by Gasteiger charge is 2.42. The zero-order valence-corrected chi connectivity index (χ0v) is 14.7. The fourth-order valence-corrected chi connectivity index (χ4v) is 3.86. The van der Waals surface area contributed by atoms with Crippen molar-refractivity contribution in [1.82, 2.24) is 15.1 Å². The largest absolute Gasteiger partial charge is 0.383 e. The number of nitrogens with one attached hydrogen (secondary N) is 1. The van der Waals surface area contributed by atoms with Crippen LogP contribution < -0.4 is 5.32 Å². The van der Waals surface area contributed by atoms with Crippen molar-refractivity contribution in [2.24, 2.45) is 10.4 Å². The molecule has 1 atom stereocenters. The van der Waals surface area contributed by atoms with Gasteiger partial charge in [0.2, 0.25) is 0 Å². The standard InChI is InChI=1S/C17H32N4O2/c1-18-16(21-8-5-17(13-21)6-11-23-14-17)19-7-9-20(10-12-22-2)15-3-4-15/h15H,3-14H2,1-2H3,(H,18,19). The van der Waals surface area contributed by atoms with E-state index in [4.69, 9.17) is 9.47 Å². The second-order valence-electron chi connectivity index (χ2n) is 7.21. The third-order valence-corrected chi connectivity index (χ3v) is 5.46. The minimum Gasteiger partial charge on any atom is -0.383 e. The van der Waals surface area contributed by atoms with Crippen molar-refractivity contribution in [3.63, 3.8) is 0 Å². The van der Waals surface area contributed by atoms with Gasteiger partial charge in [0.05, 0.1) is 13.2 Å². The Hall–Kier alpha value is -0.850. The molecule has 2 saturated heterocycles. The summed E-state index contributed by atoms with van der Waals surface area (Å²) in [6, 6.07) is 0.777. The van der Waals surface area contributed by atoms with Crippen LogP contribution in [-0.2, 0) is 9.47 Å². The van der Waals surface area contributed by atoms with Crippen LogP contribution in [0.15, 0.2) is 4.99 Å². The summed E-state index contributed by atoms with van der Waals surface area (Å²) in [6.07, 6.45) is 5.11. The highest BCUT2D eigenvalue weighted by Crippen LogP contribution is 2.38. The van der Waals surface area contributed by atoms with Crippen molar-refractivity contribution in [2.75, 3.05) is 66.7 Å². The summed E-state index contributed by atoms with van der Waals surface area (Å²) in [5, 5.41) is 3.56. The molecule has 0 amide bonds. The molecular formula is C17H32N4O2. The molecule has 1 spiro atoms. The number of likely N-dealkylation sites (tertiary alicyclic amines) is 1. The number of rotatable bonds is 7. The Labute approximate surface area is 140 Å². The molecule has 2 aliphatic heterocycles. The molecule has 0 aromatic carbocycles. The van der Waals surface area contributed by atoms with Crippen molar-refractivity contribution in [2.45, 2.75) is 31.7 Å². The number of guanidine groups is 1. The van der Waals surface area contributed by atoms with Gasteiger partial charge in [0.15, 0.2) is 5.96 Å². The Morgan fingerprint density at radius 2 is 2.26 bits per heavy atom. The van der Waals surface area contributed by atoms with E-state index in [1.54, 1.807) is 7.11 Å². The van der Waals surface area contributed by atoms with Crippen LogP contribution in [0.25, 0.3) is 0 Å². The minimum atomic E-state index is 0.385. The van der Waals surface area contributed by atoms with E-state index in [0.29, 0.717) is 5.41 Å². The van der Waals surface area contributed by atoms with Gasteiger partial charge < -0.3 is 19.7 Å². The molecule has 3 fully saturated rings. The lowest BCUT2D eigenvalue weighted by Crippen LogP contribution is -2.45. The zero-order valence-electron chi connectivity index (χ0n) is 14.7. The van der Waals surface area contributed by atoms with Gasteiger partial charge in [0, 0.05) is 64.9 Å². The fourth-order valence-electron chi connectivity index (χ4n) is 3.86. The second-order valence-corrected chi connectivity index (χ2v) is 7.21. The molecule has 0 radical (unpaired) electrons. The number of hydrogen-bond donors (Lipinski definition) is 1. The predicted molar refractivity (Wildman–Crippen MR) is 91.9 cm³/mol. The topological polar surface area (TPSA) is 49.3 Å². The van der Waals surface area contributed by atoms with Gasteiger partial charge in [-0.05, 0) is 25.7 Å². The molecule has 0 bridgehead atoms. The number of nitrogens with zero attached hydrogens (tertiary/aromatic N) is 3. The summed E-state index contributed by atoms with van der Waals surface area (Å²) in [5.41, 5.74) is 0.385. The van der Waals surface area contributed by atoms with Gasteiger partial charge in [-0.2, -0.15) is 0 Å².